The maximum atomic E-state index is 12.9. The highest BCUT2D eigenvalue weighted by Crippen LogP contribution is 2.53. The van der Waals surface area contributed by atoms with Crippen molar-refractivity contribution in [1.82, 2.24) is 10.3 Å². The summed E-state index contributed by atoms with van der Waals surface area (Å²) in [6.07, 6.45) is 2.80. The van der Waals surface area contributed by atoms with Crippen LogP contribution in [0, 0.1) is 0 Å². The van der Waals surface area contributed by atoms with E-state index in [1.807, 2.05) is 25.1 Å². The Morgan fingerprint density at radius 2 is 1.74 bits per heavy atom. The predicted octanol–water partition coefficient (Wildman–Crippen LogP) is 3.95. The number of ether oxygens (including phenoxy) is 3. The van der Waals surface area contributed by atoms with Crippen molar-refractivity contribution in [2.24, 2.45) is 0 Å². The molecule has 2 atom stereocenters. The van der Waals surface area contributed by atoms with Crippen LogP contribution in [0.25, 0.3) is 10.8 Å². The van der Waals surface area contributed by atoms with E-state index in [-0.39, 0.29) is 28.7 Å². The summed E-state index contributed by atoms with van der Waals surface area (Å²) in [5, 5.41) is 4.88. The molecule has 1 amide bonds. The van der Waals surface area contributed by atoms with Crippen molar-refractivity contribution in [1.29, 1.82) is 0 Å². The van der Waals surface area contributed by atoms with Gasteiger partial charge in [0.2, 0.25) is 5.75 Å². The van der Waals surface area contributed by atoms with Gasteiger partial charge in [-0.15, -0.1) is 0 Å². The summed E-state index contributed by atoms with van der Waals surface area (Å²) in [4.78, 5) is 41.3. The summed E-state index contributed by atoms with van der Waals surface area (Å²) in [6.45, 7) is 4.64. The molecule has 1 saturated carbocycles. The van der Waals surface area contributed by atoms with E-state index in [2.05, 4.69) is 34.6 Å². The Kier molecular flexibility index (Phi) is 6.73. The number of methoxy groups -OCH3 is 1. The van der Waals surface area contributed by atoms with Crippen LogP contribution in [-0.2, 0) is 19.7 Å². The van der Waals surface area contributed by atoms with Gasteiger partial charge in [-0.3, -0.25) is 9.59 Å². The van der Waals surface area contributed by atoms with Crippen LogP contribution in [0.1, 0.15) is 49.7 Å². The van der Waals surface area contributed by atoms with Gasteiger partial charge >= 0.3 is 11.9 Å². The van der Waals surface area contributed by atoms with Crippen molar-refractivity contribution < 1.29 is 28.6 Å². The Bertz CT molecular complexity index is 1280. The summed E-state index contributed by atoms with van der Waals surface area (Å²) in [5.41, 5.74) is 0.748. The third-order valence-electron chi connectivity index (χ3n) is 6.44. The highest BCUT2D eigenvalue weighted by atomic mass is 16.6. The van der Waals surface area contributed by atoms with Crippen molar-refractivity contribution in [2.45, 2.75) is 51.2 Å². The number of nitrogens with zero attached hydrogens (tertiary/aromatic N) is 1. The third kappa shape index (κ3) is 4.82. The molecule has 1 aliphatic rings. The molecule has 1 aliphatic carbocycles. The Morgan fingerprint density at radius 1 is 1.03 bits per heavy atom. The molecule has 0 saturated heterocycles. The van der Waals surface area contributed by atoms with Gasteiger partial charge in [-0.25, -0.2) is 9.78 Å². The number of carbonyl (C=O) groups is 3. The summed E-state index contributed by atoms with van der Waals surface area (Å²) in [6, 6.07) is 14.9. The second-order valence-electron chi connectivity index (χ2n) is 8.74. The van der Waals surface area contributed by atoms with E-state index in [1.54, 1.807) is 0 Å². The third-order valence-corrected chi connectivity index (χ3v) is 6.44. The number of carbonyl (C=O) groups excluding carboxylic acids is 3. The largest absolute Gasteiger partial charge is 0.493 e. The number of benzene rings is 2. The fourth-order valence-electron chi connectivity index (χ4n) is 4.40. The highest BCUT2D eigenvalue weighted by Gasteiger charge is 2.51. The number of hydrogen-bond acceptors (Lipinski definition) is 7. The lowest BCUT2D eigenvalue weighted by molar-refractivity contribution is -0.151. The Hall–Kier alpha value is -3.94. The SMILES string of the molecule is COc1ccnc(C(=O)N[C@@H](C)C(=O)OC(C)C2(c3cccc4ccccc34)CC2)c1OC(C)=O. The van der Waals surface area contributed by atoms with Crippen molar-refractivity contribution in [3.63, 3.8) is 0 Å². The molecule has 4 rings (SSSR count). The van der Waals surface area contributed by atoms with E-state index in [0.717, 1.165) is 23.6 Å². The summed E-state index contributed by atoms with van der Waals surface area (Å²) < 4.78 is 16.1. The molecular weight excluding hydrogens is 448 g/mol. The molecule has 1 fully saturated rings. The zero-order valence-electron chi connectivity index (χ0n) is 20.2. The first kappa shape index (κ1) is 24.2. The van der Waals surface area contributed by atoms with Gasteiger partial charge < -0.3 is 19.5 Å². The number of aromatic nitrogens is 1. The first-order chi connectivity index (χ1) is 16.8. The molecular formula is C27H28N2O6. The minimum atomic E-state index is -0.952. The standard InChI is InChI=1S/C27H28N2O6/c1-16(29-25(31)23-24(35-18(3)30)22(33-4)12-15-28-23)26(32)34-17(2)27(13-14-27)21-11-7-9-19-8-5-6-10-20(19)21/h5-12,15-17H,13-14H2,1-4H3,(H,29,31)/t16-,17?/m0/s1. The Labute approximate surface area is 203 Å². The molecule has 1 heterocycles. The Morgan fingerprint density at radius 3 is 2.43 bits per heavy atom. The number of pyridine rings is 1. The number of esters is 2. The number of fused-ring (bicyclic) bond motifs is 1. The topological polar surface area (TPSA) is 104 Å². The van der Waals surface area contributed by atoms with E-state index in [0.29, 0.717) is 0 Å². The summed E-state index contributed by atoms with van der Waals surface area (Å²) in [5.74, 6) is -1.81. The lowest BCUT2D eigenvalue weighted by Gasteiger charge is -2.27. The lowest BCUT2D eigenvalue weighted by atomic mass is 9.87. The van der Waals surface area contributed by atoms with Crippen LogP contribution in [0.15, 0.2) is 54.7 Å². The van der Waals surface area contributed by atoms with Crippen molar-refractivity contribution in [2.75, 3.05) is 7.11 Å². The number of amides is 1. The average Bonchev–Trinajstić information content (AvgIpc) is 3.65. The fourth-order valence-corrected chi connectivity index (χ4v) is 4.40. The maximum absolute atomic E-state index is 12.9. The molecule has 182 valence electrons. The molecule has 0 radical (unpaired) electrons. The molecule has 0 bridgehead atoms. The lowest BCUT2D eigenvalue weighted by Crippen LogP contribution is -2.42. The van der Waals surface area contributed by atoms with Gasteiger partial charge in [0.05, 0.1) is 7.11 Å². The normalized spacial score (nSPS) is 15.5. The van der Waals surface area contributed by atoms with Crippen LogP contribution < -0.4 is 14.8 Å². The first-order valence-corrected chi connectivity index (χ1v) is 11.5. The monoisotopic (exact) mass is 476 g/mol. The van der Waals surface area contributed by atoms with E-state index in [9.17, 15) is 14.4 Å². The molecule has 8 nitrogen and oxygen atoms in total. The zero-order valence-corrected chi connectivity index (χ0v) is 20.2. The molecule has 0 spiro atoms. The maximum Gasteiger partial charge on any atom is 0.328 e. The van der Waals surface area contributed by atoms with E-state index >= 15 is 0 Å². The molecule has 3 aromatic rings. The molecule has 0 aliphatic heterocycles. The molecule has 1 aromatic heterocycles. The van der Waals surface area contributed by atoms with Crippen LogP contribution in [-0.4, -0.2) is 42.1 Å². The van der Waals surface area contributed by atoms with Crippen LogP contribution in [0.2, 0.25) is 0 Å². The molecule has 2 aromatic carbocycles. The van der Waals surface area contributed by atoms with E-state index in [4.69, 9.17) is 14.2 Å². The molecule has 1 N–H and O–H groups in total. The van der Waals surface area contributed by atoms with Crippen molar-refractivity contribution in [3.8, 4) is 11.5 Å². The van der Waals surface area contributed by atoms with Gasteiger partial charge in [0, 0.05) is 24.6 Å². The van der Waals surface area contributed by atoms with Gasteiger partial charge in [0.15, 0.2) is 11.4 Å². The van der Waals surface area contributed by atoms with E-state index in [1.165, 1.54) is 38.8 Å². The predicted molar refractivity (Wildman–Crippen MR) is 129 cm³/mol. The smallest absolute Gasteiger partial charge is 0.328 e. The van der Waals surface area contributed by atoms with Crippen molar-refractivity contribution >= 4 is 28.6 Å². The zero-order chi connectivity index (χ0) is 25.2. The number of hydrogen-bond donors (Lipinski definition) is 1. The Balaban J connectivity index is 1.47. The van der Waals surface area contributed by atoms with Gasteiger partial charge in [0.25, 0.3) is 5.91 Å². The first-order valence-electron chi connectivity index (χ1n) is 11.5. The molecule has 1 unspecified atom stereocenters. The fraction of sp³-hybridized carbons (Fsp3) is 0.333. The van der Waals surface area contributed by atoms with Gasteiger partial charge in [-0.1, -0.05) is 42.5 Å². The second-order valence-corrected chi connectivity index (χ2v) is 8.74. The quantitative estimate of drug-likeness (QED) is 0.491. The van der Waals surface area contributed by atoms with E-state index < -0.39 is 23.9 Å². The molecule has 35 heavy (non-hydrogen) atoms. The van der Waals surface area contributed by atoms with Crippen LogP contribution in [0.4, 0.5) is 0 Å². The van der Waals surface area contributed by atoms with Crippen LogP contribution in [0.3, 0.4) is 0 Å². The highest BCUT2D eigenvalue weighted by molar-refractivity contribution is 5.98. The minimum Gasteiger partial charge on any atom is -0.493 e. The van der Waals surface area contributed by atoms with Crippen LogP contribution in [0.5, 0.6) is 11.5 Å². The van der Waals surface area contributed by atoms with Crippen molar-refractivity contribution in [3.05, 3.63) is 66.0 Å². The van der Waals surface area contributed by atoms with Gasteiger partial charge in [-0.05, 0) is 43.0 Å². The minimum absolute atomic E-state index is 0.109. The van der Waals surface area contributed by atoms with Gasteiger partial charge in [0.1, 0.15) is 12.1 Å². The number of nitrogens with one attached hydrogen (secondary N) is 1. The number of rotatable bonds is 8. The average molecular weight is 477 g/mol. The van der Waals surface area contributed by atoms with Gasteiger partial charge in [-0.2, -0.15) is 0 Å². The second kappa shape index (κ2) is 9.74. The van der Waals surface area contributed by atoms with Crippen LogP contribution >= 0.6 is 0 Å². The summed E-state index contributed by atoms with van der Waals surface area (Å²) in [7, 11) is 1.38. The summed E-state index contributed by atoms with van der Waals surface area (Å²) >= 11 is 0. The molecule has 8 heteroatoms.